The fraction of sp³-hybridized carbons (Fsp3) is 0.833. The maximum Gasteiger partial charge on any atom is 0.389 e. The minimum absolute atomic E-state index is 0.00880. The molecule has 0 unspecified atom stereocenters. The topological polar surface area (TPSA) is 57.6 Å². The maximum atomic E-state index is 12.0. The Morgan fingerprint density at radius 1 is 1.32 bits per heavy atom. The highest BCUT2D eigenvalue weighted by Crippen LogP contribution is 2.31. The summed E-state index contributed by atoms with van der Waals surface area (Å²) in [4.78, 5) is 24.0. The van der Waals surface area contributed by atoms with Crippen LogP contribution in [0.3, 0.4) is 0 Å². The number of halogens is 3. The van der Waals surface area contributed by atoms with Gasteiger partial charge in [-0.2, -0.15) is 13.2 Å². The summed E-state index contributed by atoms with van der Waals surface area (Å²) in [6.07, 6.45) is -6.13. The Morgan fingerprint density at radius 2 is 1.89 bits per heavy atom. The standard InChI is InChI=1S/C12H18F3NO3/c1-7(2)8-5-16(6-9(8)11(18)19)10(17)3-4-12(13,14)15/h7-9H,3-6H2,1-2H3,(H,18,19)/t8-,9+/m0/s1. The third-order valence-corrected chi connectivity index (χ3v) is 3.51. The molecule has 0 radical (unpaired) electrons. The lowest BCUT2D eigenvalue weighted by atomic mass is 9.86. The van der Waals surface area contributed by atoms with Gasteiger partial charge in [0, 0.05) is 19.5 Å². The van der Waals surface area contributed by atoms with Crippen LogP contribution in [0.4, 0.5) is 13.2 Å². The Labute approximate surface area is 109 Å². The van der Waals surface area contributed by atoms with Crippen LogP contribution in [0.15, 0.2) is 0 Å². The highest BCUT2D eigenvalue weighted by molar-refractivity contribution is 5.79. The van der Waals surface area contributed by atoms with Crippen molar-refractivity contribution >= 4 is 11.9 Å². The van der Waals surface area contributed by atoms with Gasteiger partial charge in [-0.15, -0.1) is 0 Å². The van der Waals surface area contributed by atoms with E-state index in [1.807, 2.05) is 13.8 Å². The molecule has 0 spiro atoms. The highest BCUT2D eigenvalue weighted by atomic mass is 19.4. The van der Waals surface area contributed by atoms with Crippen LogP contribution in [0.5, 0.6) is 0 Å². The number of hydrogen-bond donors (Lipinski definition) is 1. The van der Waals surface area contributed by atoms with E-state index in [1.54, 1.807) is 0 Å². The Balaban J connectivity index is 2.61. The van der Waals surface area contributed by atoms with Gasteiger partial charge in [0.25, 0.3) is 0 Å². The molecule has 1 amide bonds. The third kappa shape index (κ3) is 4.40. The zero-order valence-electron chi connectivity index (χ0n) is 10.9. The van der Waals surface area contributed by atoms with Gasteiger partial charge in [0.2, 0.25) is 5.91 Å². The number of amides is 1. The number of hydrogen-bond acceptors (Lipinski definition) is 2. The van der Waals surface area contributed by atoms with Crippen molar-refractivity contribution in [2.24, 2.45) is 17.8 Å². The van der Waals surface area contributed by atoms with Crippen LogP contribution in [0, 0.1) is 17.8 Å². The molecule has 110 valence electrons. The van der Waals surface area contributed by atoms with E-state index in [4.69, 9.17) is 5.11 Å². The molecule has 1 aliphatic heterocycles. The van der Waals surface area contributed by atoms with Crippen molar-refractivity contribution in [2.45, 2.75) is 32.9 Å². The van der Waals surface area contributed by atoms with Crippen molar-refractivity contribution in [3.63, 3.8) is 0 Å². The second kappa shape index (κ2) is 5.79. The number of carbonyl (C=O) groups excluding carboxylic acids is 1. The molecule has 0 bridgehead atoms. The molecule has 0 aromatic rings. The molecule has 7 heteroatoms. The first-order valence-corrected chi connectivity index (χ1v) is 6.19. The van der Waals surface area contributed by atoms with Gasteiger partial charge in [-0.1, -0.05) is 13.8 Å². The number of carbonyl (C=O) groups is 2. The largest absolute Gasteiger partial charge is 0.481 e. The maximum absolute atomic E-state index is 12.0. The quantitative estimate of drug-likeness (QED) is 0.859. The number of rotatable bonds is 4. The lowest BCUT2D eigenvalue weighted by molar-refractivity contribution is -0.149. The minimum Gasteiger partial charge on any atom is -0.481 e. The van der Waals surface area contributed by atoms with Crippen LogP contribution in [-0.2, 0) is 9.59 Å². The molecule has 1 rings (SSSR count). The third-order valence-electron chi connectivity index (χ3n) is 3.51. The summed E-state index contributed by atoms with van der Waals surface area (Å²) in [6, 6.07) is 0. The van der Waals surface area contributed by atoms with Crippen LogP contribution < -0.4 is 0 Å². The van der Waals surface area contributed by atoms with Gasteiger partial charge >= 0.3 is 12.1 Å². The zero-order chi connectivity index (χ0) is 14.8. The van der Waals surface area contributed by atoms with Gasteiger partial charge in [-0.3, -0.25) is 9.59 Å². The van der Waals surface area contributed by atoms with Crippen molar-refractivity contribution in [1.29, 1.82) is 0 Å². The molecule has 0 aliphatic carbocycles. The van der Waals surface area contributed by atoms with Gasteiger partial charge in [-0.05, 0) is 11.8 Å². The molecule has 19 heavy (non-hydrogen) atoms. The van der Waals surface area contributed by atoms with Gasteiger partial charge in [0.15, 0.2) is 0 Å². The number of nitrogens with zero attached hydrogens (tertiary/aromatic N) is 1. The Kier molecular flexibility index (Phi) is 4.81. The van der Waals surface area contributed by atoms with Gasteiger partial charge in [0.05, 0.1) is 12.3 Å². The average Bonchev–Trinajstić information content (AvgIpc) is 2.69. The van der Waals surface area contributed by atoms with E-state index in [0.717, 1.165) is 0 Å². The Hall–Kier alpha value is -1.27. The number of likely N-dealkylation sites (tertiary alicyclic amines) is 1. The molecule has 1 aliphatic rings. The SMILES string of the molecule is CC(C)[C@@H]1CN(C(=O)CCC(F)(F)F)C[C@H]1C(=O)O. The molecule has 4 nitrogen and oxygen atoms in total. The van der Waals surface area contributed by atoms with E-state index in [2.05, 4.69) is 0 Å². The van der Waals surface area contributed by atoms with Crippen molar-refractivity contribution in [3.05, 3.63) is 0 Å². The second-order valence-corrected chi connectivity index (χ2v) is 5.27. The second-order valence-electron chi connectivity index (χ2n) is 5.27. The molecular weight excluding hydrogens is 263 g/mol. The molecule has 1 saturated heterocycles. The van der Waals surface area contributed by atoms with E-state index in [1.165, 1.54) is 4.90 Å². The Bertz CT molecular complexity index is 355. The highest BCUT2D eigenvalue weighted by Gasteiger charge is 2.41. The molecule has 2 atom stereocenters. The minimum atomic E-state index is -4.36. The predicted molar refractivity (Wildman–Crippen MR) is 61.3 cm³/mol. The molecule has 0 aromatic heterocycles. The first-order chi connectivity index (χ1) is 8.61. The lowest BCUT2D eigenvalue weighted by Gasteiger charge is -2.19. The predicted octanol–water partition coefficient (Wildman–Crippen LogP) is 2.14. The molecular formula is C12H18F3NO3. The summed E-state index contributed by atoms with van der Waals surface area (Å²) in [5.74, 6) is -2.43. The van der Waals surface area contributed by atoms with Crippen LogP contribution in [0.2, 0.25) is 0 Å². The van der Waals surface area contributed by atoms with E-state index in [9.17, 15) is 22.8 Å². The molecule has 1 heterocycles. The average molecular weight is 281 g/mol. The number of carboxylic acids is 1. The van der Waals surface area contributed by atoms with Crippen molar-refractivity contribution in [3.8, 4) is 0 Å². The summed E-state index contributed by atoms with van der Waals surface area (Å²) in [5.41, 5.74) is 0. The summed E-state index contributed by atoms with van der Waals surface area (Å²) in [5, 5.41) is 9.07. The number of alkyl halides is 3. The van der Waals surface area contributed by atoms with Crippen LogP contribution in [0.1, 0.15) is 26.7 Å². The van der Waals surface area contributed by atoms with Crippen molar-refractivity contribution in [1.82, 2.24) is 4.90 Å². The number of aliphatic carboxylic acids is 1. The van der Waals surface area contributed by atoms with Gasteiger partial charge < -0.3 is 10.0 Å². The molecule has 1 N–H and O–H groups in total. The van der Waals surface area contributed by atoms with Crippen molar-refractivity contribution < 1.29 is 27.9 Å². The summed E-state index contributed by atoms with van der Waals surface area (Å²) >= 11 is 0. The van der Waals surface area contributed by atoms with Gasteiger partial charge in [0.1, 0.15) is 0 Å². The lowest BCUT2D eigenvalue weighted by Crippen LogP contribution is -2.30. The first kappa shape index (κ1) is 15.8. The normalized spacial score (nSPS) is 24.0. The van der Waals surface area contributed by atoms with Crippen molar-refractivity contribution in [2.75, 3.05) is 13.1 Å². The van der Waals surface area contributed by atoms with E-state index >= 15 is 0 Å². The van der Waals surface area contributed by atoms with Crippen LogP contribution in [0.25, 0.3) is 0 Å². The van der Waals surface area contributed by atoms with Crippen LogP contribution >= 0.6 is 0 Å². The van der Waals surface area contributed by atoms with E-state index in [-0.39, 0.29) is 24.9 Å². The number of carboxylic acid groups (broad SMARTS) is 1. The first-order valence-electron chi connectivity index (χ1n) is 6.19. The van der Waals surface area contributed by atoms with Crippen LogP contribution in [-0.4, -0.2) is 41.1 Å². The summed E-state index contributed by atoms with van der Waals surface area (Å²) in [7, 11) is 0. The smallest absolute Gasteiger partial charge is 0.389 e. The molecule has 0 saturated carbocycles. The van der Waals surface area contributed by atoms with E-state index in [0.29, 0.717) is 0 Å². The summed E-state index contributed by atoms with van der Waals surface area (Å²) in [6.45, 7) is 3.94. The molecule has 0 aromatic carbocycles. The summed E-state index contributed by atoms with van der Waals surface area (Å²) < 4.78 is 36.1. The fourth-order valence-electron chi connectivity index (χ4n) is 2.38. The monoisotopic (exact) mass is 281 g/mol. The van der Waals surface area contributed by atoms with E-state index < -0.39 is 36.8 Å². The fourth-order valence-corrected chi connectivity index (χ4v) is 2.38. The van der Waals surface area contributed by atoms with Gasteiger partial charge in [-0.25, -0.2) is 0 Å². The molecule has 1 fully saturated rings. The zero-order valence-corrected chi connectivity index (χ0v) is 10.9. The Morgan fingerprint density at radius 3 is 2.26 bits per heavy atom.